The Hall–Kier alpha value is -2.60. The summed E-state index contributed by atoms with van der Waals surface area (Å²) in [6.07, 6.45) is 0. The molecule has 1 saturated heterocycles. The first-order valence-electron chi connectivity index (χ1n) is 7.32. The molecule has 1 aromatic carbocycles. The Labute approximate surface area is 142 Å². The monoisotopic (exact) mass is 344 g/mol. The Bertz CT molecular complexity index is 806. The van der Waals surface area contributed by atoms with Crippen molar-refractivity contribution in [3.63, 3.8) is 0 Å². The van der Waals surface area contributed by atoms with Gasteiger partial charge in [0.2, 0.25) is 0 Å². The standard InChI is InChI=1S/C16H16N4O3S/c17-9-12-13(10-2-1-3-11(18)8-10)14(16(21)23-19)24-15(12)20-4-6-22-7-5-20/h1-3,8H,4-7,18-19H2. The first-order chi connectivity index (χ1) is 11.7. The zero-order valence-corrected chi connectivity index (χ0v) is 13.6. The molecule has 0 radical (unpaired) electrons. The number of carbonyl (C=O) groups excluding carboxylic acids is 1. The molecule has 1 aromatic heterocycles. The van der Waals surface area contributed by atoms with E-state index in [1.165, 1.54) is 11.3 Å². The highest BCUT2D eigenvalue weighted by Gasteiger charge is 2.28. The molecule has 4 N–H and O–H groups in total. The maximum atomic E-state index is 12.1. The molecule has 7 nitrogen and oxygen atoms in total. The van der Waals surface area contributed by atoms with E-state index in [2.05, 4.69) is 10.9 Å². The SMILES string of the molecule is N#Cc1c(N2CCOCC2)sc(C(=O)ON)c1-c1cccc(N)c1. The zero-order valence-electron chi connectivity index (χ0n) is 12.8. The third kappa shape index (κ3) is 2.92. The molecule has 124 valence electrons. The Morgan fingerprint density at radius 1 is 1.38 bits per heavy atom. The Morgan fingerprint density at radius 3 is 2.75 bits per heavy atom. The number of nitrogens with zero attached hydrogens (tertiary/aromatic N) is 2. The number of ether oxygens (including phenoxy) is 1. The van der Waals surface area contributed by atoms with Gasteiger partial charge in [-0.25, -0.2) is 4.79 Å². The molecule has 8 heteroatoms. The van der Waals surface area contributed by atoms with Gasteiger partial charge in [0.05, 0.1) is 18.8 Å². The van der Waals surface area contributed by atoms with Gasteiger partial charge < -0.3 is 20.2 Å². The molecule has 0 saturated carbocycles. The predicted molar refractivity (Wildman–Crippen MR) is 91.5 cm³/mol. The van der Waals surface area contributed by atoms with Gasteiger partial charge in [-0.2, -0.15) is 11.2 Å². The van der Waals surface area contributed by atoms with Crippen molar-refractivity contribution < 1.29 is 14.4 Å². The molecule has 2 heterocycles. The minimum absolute atomic E-state index is 0.293. The van der Waals surface area contributed by atoms with Crippen LogP contribution in [0.1, 0.15) is 15.2 Å². The van der Waals surface area contributed by atoms with Crippen molar-refractivity contribution in [1.29, 1.82) is 5.26 Å². The first-order valence-corrected chi connectivity index (χ1v) is 8.14. The molecule has 24 heavy (non-hydrogen) atoms. The number of benzene rings is 1. The van der Waals surface area contributed by atoms with Crippen LogP contribution in [0.15, 0.2) is 24.3 Å². The van der Waals surface area contributed by atoms with Crippen molar-refractivity contribution >= 4 is 28.0 Å². The number of rotatable bonds is 3. The Kier molecular flexibility index (Phi) is 4.66. The third-order valence-electron chi connectivity index (χ3n) is 3.77. The molecule has 0 unspecified atom stereocenters. The smallest absolute Gasteiger partial charge is 0.367 e. The summed E-state index contributed by atoms with van der Waals surface area (Å²) >= 11 is 1.20. The van der Waals surface area contributed by atoms with Crippen LogP contribution in [0.3, 0.4) is 0 Å². The second-order valence-corrected chi connectivity index (χ2v) is 6.23. The molecule has 0 amide bonds. The van der Waals surface area contributed by atoms with Gasteiger partial charge in [0.25, 0.3) is 0 Å². The molecule has 0 bridgehead atoms. The number of nitrogens with two attached hydrogens (primary N) is 2. The molecule has 2 aromatic rings. The number of hydrogen-bond acceptors (Lipinski definition) is 8. The average molecular weight is 344 g/mol. The van der Waals surface area contributed by atoms with Gasteiger partial charge in [-0.1, -0.05) is 12.1 Å². The summed E-state index contributed by atoms with van der Waals surface area (Å²) in [6, 6.07) is 9.26. The molecule has 1 aliphatic heterocycles. The van der Waals surface area contributed by atoms with Crippen molar-refractivity contribution in [3.05, 3.63) is 34.7 Å². The minimum atomic E-state index is -0.673. The fraction of sp³-hybridized carbons (Fsp3) is 0.250. The molecular weight excluding hydrogens is 328 g/mol. The van der Waals surface area contributed by atoms with E-state index in [1.54, 1.807) is 24.3 Å². The van der Waals surface area contributed by atoms with Gasteiger partial charge >= 0.3 is 5.97 Å². The number of thiophene rings is 1. The summed E-state index contributed by atoms with van der Waals surface area (Å²) in [4.78, 5) is 18.9. The number of anilines is 2. The maximum absolute atomic E-state index is 12.1. The molecule has 0 spiro atoms. The highest BCUT2D eigenvalue weighted by Crippen LogP contribution is 2.42. The number of morpholine rings is 1. The van der Waals surface area contributed by atoms with Crippen LogP contribution in [0.5, 0.6) is 0 Å². The summed E-state index contributed by atoms with van der Waals surface area (Å²) in [6.45, 7) is 2.46. The van der Waals surface area contributed by atoms with E-state index in [4.69, 9.17) is 16.4 Å². The van der Waals surface area contributed by atoms with Crippen LogP contribution in [0.2, 0.25) is 0 Å². The molecular formula is C16H16N4O3S. The predicted octanol–water partition coefficient (Wildman–Crippen LogP) is 1.74. The van der Waals surface area contributed by atoms with E-state index in [-0.39, 0.29) is 0 Å². The fourth-order valence-electron chi connectivity index (χ4n) is 2.68. The highest BCUT2D eigenvalue weighted by molar-refractivity contribution is 7.18. The van der Waals surface area contributed by atoms with Crippen LogP contribution in [0.4, 0.5) is 10.7 Å². The lowest BCUT2D eigenvalue weighted by Crippen LogP contribution is -2.36. The van der Waals surface area contributed by atoms with Gasteiger partial charge in [0, 0.05) is 24.3 Å². The van der Waals surface area contributed by atoms with E-state index in [0.29, 0.717) is 53.6 Å². The minimum Gasteiger partial charge on any atom is -0.399 e. The summed E-state index contributed by atoms with van der Waals surface area (Å²) in [7, 11) is 0. The normalized spacial score (nSPS) is 14.2. The fourth-order valence-corrected chi connectivity index (χ4v) is 3.89. The topological polar surface area (TPSA) is 115 Å². The van der Waals surface area contributed by atoms with Crippen LogP contribution in [0, 0.1) is 11.3 Å². The van der Waals surface area contributed by atoms with E-state index >= 15 is 0 Å². The molecule has 1 aliphatic rings. The van der Waals surface area contributed by atoms with Crippen LogP contribution in [-0.2, 0) is 9.57 Å². The second-order valence-electron chi connectivity index (χ2n) is 5.23. The van der Waals surface area contributed by atoms with Crippen LogP contribution in [0.25, 0.3) is 11.1 Å². The first kappa shape index (κ1) is 16.3. The van der Waals surface area contributed by atoms with Crippen molar-refractivity contribution in [2.75, 3.05) is 36.9 Å². The van der Waals surface area contributed by atoms with Gasteiger partial charge in [0.15, 0.2) is 0 Å². The van der Waals surface area contributed by atoms with Gasteiger partial charge in [-0.3, -0.25) is 0 Å². The number of carbonyl (C=O) groups is 1. The maximum Gasteiger partial charge on any atom is 0.367 e. The van der Waals surface area contributed by atoms with E-state index in [0.717, 1.165) is 5.00 Å². The van der Waals surface area contributed by atoms with Gasteiger partial charge in [-0.15, -0.1) is 11.3 Å². The lowest BCUT2D eigenvalue weighted by Gasteiger charge is -2.27. The summed E-state index contributed by atoms with van der Waals surface area (Å²) in [5.74, 6) is 4.40. The second kappa shape index (κ2) is 6.88. The van der Waals surface area contributed by atoms with Crippen LogP contribution in [-0.4, -0.2) is 32.3 Å². The molecule has 1 fully saturated rings. The molecule has 0 atom stereocenters. The van der Waals surface area contributed by atoms with Gasteiger partial charge in [-0.05, 0) is 17.7 Å². The number of nitriles is 1. The number of nitrogen functional groups attached to an aromatic ring is 1. The van der Waals surface area contributed by atoms with Crippen LogP contribution >= 0.6 is 11.3 Å². The summed E-state index contributed by atoms with van der Waals surface area (Å²) < 4.78 is 5.35. The van der Waals surface area contributed by atoms with Gasteiger partial charge in [0.1, 0.15) is 15.9 Å². The van der Waals surface area contributed by atoms with Crippen LogP contribution < -0.4 is 16.5 Å². The van der Waals surface area contributed by atoms with Crippen molar-refractivity contribution in [2.45, 2.75) is 0 Å². The summed E-state index contributed by atoms with van der Waals surface area (Å²) in [5, 5.41) is 10.4. The zero-order chi connectivity index (χ0) is 17.1. The van der Waals surface area contributed by atoms with E-state index in [1.807, 2.05) is 4.90 Å². The number of hydrogen-bond donors (Lipinski definition) is 2. The van der Waals surface area contributed by atoms with E-state index < -0.39 is 5.97 Å². The lowest BCUT2D eigenvalue weighted by atomic mass is 10.0. The average Bonchev–Trinajstić information content (AvgIpc) is 3.01. The Morgan fingerprint density at radius 2 is 2.12 bits per heavy atom. The Balaban J connectivity index is 2.19. The highest BCUT2D eigenvalue weighted by atomic mass is 32.1. The quantitative estimate of drug-likeness (QED) is 0.643. The van der Waals surface area contributed by atoms with Crippen molar-refractivity contribution in [1.82, 2.24) is 0 Å². The van der Waals surface area contributed by atoms with E-state index in [9.17, 15) is 10.1 Å². The summed E-state index contributed by atoms with van der Waals surface area (Å²) in [5.41, 5.74) is 8.01. The molecule has 0 aliphatic carbocycles. The van der Waals surface area contributed by atoms with Crippen molar-refractivity contribution in [2.24, 2.45) is 5.90 Å². The van der Waals surface area contributed by atoms with Crippen molar-refractivity contribution in [3.8, 4) is 17.2 Å². The molecule has 3 rings (SSSR count). The lowest BCUT2D eigenvalue weighted by molar-refractivity contribution is 0.0510. The largest absolute Gasteiger partial charge is 0.399 e. The third-order valence-corrected chi connectivity index (χ3v) is 5.00.